The second-order valence-electron chi connectivity index (χ2n) is 5.81. The summed E-state index contributed by atoms with van der Waals surface area (Å²) in [6.07, 6.45) is 1.54. The van der Waals surface area contributed by atoms with E-state index in [0.29, 0.717) is 11.3 Å². The lowest BCUT2D eigenvalue weighted by atomic mass is 10.1. The van der Waals surface area contributed by atoms with Gasteiger partial charge in [0.05, 0.1) is 13.3 Å². The number of amides is 1. The molecule has 0 aliphatic carbocycles. The number of methoxy groups -OCH3 is 1. The summed E-state index contributed by atoms with van der Waals surface area (Å²) in [5.41, 5.74) is 1.20. The van der Waals surface area contributed by atoms with Crippen molar-refractivity contribution in [1.82, 2.24) is 20.4 Å². The number of nitrogens with one attached hydrogen (secondary N) is 1. The van der Waals surface area contributed by atoms with E-state index in [1.807, 2.05) is 30.3 Å². The number of hydrogen-bond acceptors (Lipinski definition) is 7. The summed E-state index contributed by atoms with van der Waals surface area (Å²) < 4.78 is 10.7. The number of rotatable bonds is 8. The van der Waals surface area contributed by atoms with Crippen molar-refractivity contribution in [3.05, 3.63) is 71.4 Å². The molecule has 148 valence electrons. The Kier molecular flexibility index (Phi) is 6.31. The molecule has 1 aromatic heterocycles. The van der Waals surface area contributed by atoms with Crippen LogP contribution in [0, 0.1) is 0 Å². The van der Waals surface area contributed by atoms with E-state index in [4.69, 9.17) is 9.47 Å². The minimum atomic E-state index is -0.502. The first-order chi connectivity index (χ1) is 14.1. The molecule has 0 spiro atoms. The van der Waals surface area contributed by atoms with Crippen LogP contribution in [0.3, 0.4) is 0 Å². The quantitative estimate of drug-likeness (QED) is 0.462. The molecule has 0 atom stereocenters. The molecule has 0 aliphatic rings. The summed E-state index contributed by atoms with van der Waals surface area (Å²) in [6, 6.07) is 15.9. The van der Waals surface area contributed by atoms with E-state index in [0.717, 1.165) is 10.4 Å². The van der Waals surface area contributed by atoms with Gasteiger partial charge in [-0.1, -0.05) is 35.1 Å². The molecule has 9 nitrogen and oxygen atoms in total. The lowest BCUT2D eigenvalue weighted by molar-refractivity contribution is 0.0898. The Morgan fingerprint density at radius 1 is 1.14 bits per heavy atom. The predicted octanol–water partition coefficient (Wildman–Crippen LogP) is 1.79. The summed E-state index contributed by atoms with van der Waals surface area (Å²) in [6.45, 7) is -0.315. The molecule has 0 saturated carbocycles. The van der Waals surface area contributed by atoms with Gasteiger partial charge >= 0.3 is 0 Å². The highest BCUT2D eigenvalue weighted by Gasteiger charge is 2.21. The van der Waals surface area contributed by atoms with Gasteiger partial charge in [0.1, 0.15) is 5.75 Å². The van der Waals surface area contributed by atoms with Crippen LogP contribution in [0.15, 0.2) is 59.7 Å². The van der Waals surface area contributed by atoms with Crippen molar-refractivity contribution in [1.29, 1.82) is 0 Å². The number of carbonyl (C=O) groups excluding carboxylic acids is 2. The van der Waals surface area contributed by atoms with Crippen LogP contribution in [0.1, 0.15) is 26.4 Å². The second kappa shape index (κ2) is 9.27. The standard InChI is InChI=1S/C20H19N5O4/c1-21-19(27)18-20(25(24-23-18)22-12-14-6-4-3-5-7-14)29-13-17(26)15-8-10-16(28-2)11-9-15/h3-12H,13H2,1-2H3,(H,21,27)/b22-12-. The minimum absolute atomic E-state index is 0.0293. The molecular weight excluding hydrogens is 374 g/mol. The van der Waals surface area contributed by atoms with Gasteiger partial charge in [0, 0.05) is 12.6 Å². The Morgan fingerprint density at radius 3 is 2.52 bits per heavy atom. The number of ketones is 1. The number of ether oxygens (including phenoxy) is 2. The van der Waals surface area contributed by atoms with E-state index < -0.39 is 5.91 Å². The maximum Gasteiger partial charge on any atom is 0.277 e. The number of carbonyl (C=O) groups is 2. The maximum atomic E-state index is 12.4. The van der Waals surface area contributed by atoms with Crippen LogP contribution in [0.25, 0.3) is 0 Å². The van der Waals surface area contributed by atoms with Crippen LogP contribution in [-0.2, 0) is 0 Å². The SMILES string of the molecule is CNC(=O)c1nnn(/N=C\c2ccccc2)c1OCC(=O)c1ccc(OC)cc1. The third-order valence-electron chi connectivity index (χ3n) is 3.92. The van der Waals surface area contributed by atoms with Crippen LogP contribution in [0.2, 0.25) is 0 Å². The Balaban J connectivity index is 1.80. The first-order valence-electron chi connectivity index (χ1n) is 8.69. The number of Topliss-reactive ketones (excluding diaryl/α,β-unsaturated/α-hetero) is 1. The lowest BCUT2D eigenvalue weighted by Crippen LogP contribution is -2.21. The zero-order chi connectivity index (χ0) is 20.6. The first kappa shape index (κ1) is 19.7. The van der Waals surface area contributed by atoms with E-state index in [9.17, 15) is 9.59 Å². The Bertz CT molecular complexity index is 1010. The van der Waals surface area contributed by atoms with Gasteiger partial charge < -0.3 is 14.8 Å². The molecule has 0 fully saturated rings. The smallest absolute Gasteiger partial charge is 0.277 e. The van der Waals surface area contributed by atoms with Crippen LogP contribution in [-0.4, -0.2) is 53.8 Å². The van der Waals surface area contributed by atoms with E-state index in [-0.39, 0.29) is 24.0 Å². The summed E-state index contributed by atoms with van der Waals surface area (Å²) in [5.74, 6) is -0.173. The van der Waals surface area contributed by atoms with Gasteiger partial charge in [-0.2, -0.15) is 5.10 Å². The van der Waals surface area contributed by atoms with Crippen molar-refractivity contribution < 1.29 is 19.1 Å². The van der Waals surface area contributed by atoms with Crippen LogP contribution < -0.4 is 14.8 Å². The number of aromatic nitrogens is 3. The van der Waals surface area contributed by atoms with Crippen LogP contribution in [0.4, 0.5) is 0 Å². The lowest BCUT2D eigenvalue weighted by Gasteiger charge is -2.07. The summed E-state index contributed by atoms with van der Waals surface area (Å²) in [7, 11) is 3.01. The monoisotopic (exact) mass is 393 g/mol. The van der Waals surface area contributed by atoms with E-state index in [2.05, 4.69) is 20.7 Å². The first-order valence-corrected chi connectivity index (χ1v) is 8.69. The number of hydrogen-bond donors (Lipinski definition) is 1. The Labute approximate surface area is 166 Å². The fraction of sp³-hybridized carbons (Fsp3) is 0.150. The van der Waals surface area contributed by atoms with E-state index in [1.165, 1.54) is 7.05 Å². The number of nitrogens with zero attached hydrogens (tertiary/aromatic N) is 4. The van der Waals surface area contributed by atoms with Gasteiger partial charge in [-0.15, -0.1) is 5.10 Å². The van der Waals surface area contributed by atoms with Crippen molar-refractivity contribution >= 4 is 17.9 Å². The molecule has 2 aromatic carbocycles. The Hall–Kier alpha value is -4.01. The fourth-order valence-corrected chi connectivity index (χ4v) is 2.38. The van der Waals surface area contributed by atoms with Crippen molar-refractivity contribution in [3.8, 4) is 11.6 Å². The molecule has 29 heavy (non-hydrogen) atoms. The highest BCUT2D eigenvalue weighted by atomic mass is 16.5. The van der Waals surface area contributed by atoms with E-state index in [1.54, 1.807) is 37.6 Å². The van der Waals surface area contributed by atoms with Gasteiger partial charge in [-0.25, -0.2) is 0 Å². The minimum Gasteiger partial charge on any atom is -0.497 e. The predicted molar refractivity (Wildman–Crippen MR) is 106 cm³/mol. The molecule has 1 heterocycles. The molecule has 0 saturated heterocycles. The van der Waals surface area contributed by atoms with Gasteiger partial charge in [-0.05, 0) is 35.0 Å². The molecule has 1 amide bonds. The van der Waals surface area contributed by atoms with Crippen molar-refractivity contribution in [2.24, 2.45) is 5.10 Å². The average Bonchev–Trinajstić information content (AvgIpc) is 3.19. The van der Waals surface area contributed by atoms with Crippen molar-refractivity contribution in [3.63, 3.8) is 0 Å². The molecule has 3 aromatic rings. The molecule has 0 unspecified atom stereocenters. The third kappa shape index (κ3) is 4.83. The zero-order valence-corrected chi connectivity index (χ0v) is 15.9. The topological polar surface area (TPSA) is 108 Å². The molecule has 0 radical (unpaired) electrons. The van der Waals surface area contributed by atoms with E-state index >= 15 is 0 Å². The van der Waals surface area contributed by atoms with Crippen molar-refractivity contribution in [2.45, 2.75) is 0 Å². The largest absolute Gasteiger partial charge is 0.497 e. The average molecular weight is 393 g/mol. The van der Waals surface area contributed by atoms with Gasteiger partial charge in [0.15, 0.2) is 12.4 Å². The van der Waals surface area contributed by atoms with Gasteiger partial charge in [0.2, 0.25) is 5.69 Å². The second-order valence-corrected chi connectivity index (χ2v) is 5.81. The van der Waals surface area contributed by atoms with Crippen molar-refractivity contribution in [2.75, 3.05) is 20.8 Å². The maximum absolute atomic E-state index is 12.4. The fourth-order valence-electron chi connectivity index (χ4n) is 2.38. The van der Waals surface area contributed by atoms with Gasteiger partial charge in [-0.3, -0.25) is 9.59 Å². The summed E-state index contributed by atoms with van der Waals surface area (Å²) in [5, 5.41) is 14.3. The molecule has 9 heteroatoms. The highest BCUT2D eigenvalue weighted by Crippen LogP contribution is 2.17. The third-order valence-corrected chi connectivity index (χ3v) is 3.92. The Morgan fingerprint density at radius 2 is 1.86 bits per heavy atom. The molecule has 1 N–H and O–H groups in total. The molecule has 3 rings (SSSR count). The molecule has 0 aliphatic heterocycles. The van der Waals surface area contributed by atoms with Crippen LogP contribution >= 0.6 is 0 Å². The van der Waals surface area contributed by atoms with Gasteiger partial charge in [0.25, 0.3) is 11.8 Å². The summed E-state index contributed by atoms with van der Waals surface area (Å²) in [4.78, 5) is 25.5. The zero-order valence-electron chi connectivity index (χ0n) is 15.9. The normalized spacial score (nSPS) is 10.7. The van der Waals surface area contributed by atoms with Crippen LogP contribution in [0.5, 0.6) is 11.6 Å². The number of benzene rings is 2. The molecule has 0 bridgehead atoms. The summed E-state index contributed by atoms with van der Waals surface area (Å²) >= 11 is 0. The highest BCUT2D eigenvalue weighted by molar-refractivity contribution is 5.98. The molecular formula is C20H19N5O4.